The molecule has 0 amide bonds. The minimum atomic E-state index is -3.90. The van der Waals surface area contributed by atoms with Crippen molar-refractivity contribution >= 4 is 44.0 Å². The number of nitro groups is 1. The van der Waals surface area contributed by atoms with Gasteiger partial charge in [-0.3, -0.25) is 10.1 Å². The first kappa shape index (κ1) is 19.3. The second-order valence-electron chi connectivity index (χ2n) is 5.47. The van der Waals surface area contributed by atoms with Gasteiger partial charge in [0.25, 0.3) is 5.69 Å². The lowest BCUT2D eigenvalue weighted by atomic mass is 9.90. The fraction of sp³-hybridized carbons (Fsp3) is 0.500. The van der Waals surface area contributed by atoms with Gasteiger partial charge >= 0.3 is 0 Å². The number of hydrogen-bond donors (Lipinski definition) is 1. The summed E-state index contributed by atoms with van der Waals surface area (Å²) in [6.45, 7) is 2.89. The van der Waals surface area contributed by atoms with E-state index in [1.165, 1.54) is 22.5 Å². The SMILES string of the molecule is CC1(CN)CCN(S(=O)(=O)c2ccc(Br)cc2[N+](=O)[O-])C1.Cl. The van der Waals surface area contributed by atoms with E-state index in [0.29, 0.717) is 24.0 Å². The molecule has 2 N–H and O–H groups in total. The van der Waals surface area contributed by atoms with Gasteiger partial charge in [0.05, 0.1) is 4.92 Å². The predicted molar refractivity (Wildman–Crippen MR) is 88.6 cm³/mol. The Morgan fingerprint density at radius 3 is 2.64 bits per heavy atom. The summed E-state index contributed by atoms with van der Waals surface area (Å²) >= 11 is 3.11. The molecule has 2 rings (SSSR count). The maximum Gasteiger partial charge on any atom is 0.290 e. The van der Waals surface area contributed by atoms with E-state index in [1.54, 1.807) is 0 Å². The Bertz CT molecular complexity index is 685. The van der Waals surface area contributed by atoms with Gasteiger partial charge in [0.15, 0.2) is 4.90 Å². The third-order valence-corrected chi connectivity index (χ3v) is 6.14. The minimum Gasteiger partial charge on any atom is -0.330 e. The molecule has 1 aliphatic heterocycles. The van der Waals surface area contributed by atoms with E-state index >= 15 is 0 Å². The van der Waals surface area contributed by atoms with Gasteiger partial charge in [-0.1, -0.05) is 22.9 Å². The smallest absolute Gasteiger partial charge is 0.290 e. The highest BCUT2D eigenvalue weighted by molar-refractivity contribution is 9.10. The highest BCUT2D eigenvalue weighted by Crippen LogP contribution is 2.35. The van der Waals surface area contributed by atoms with Crippen molar-refractivity contribution in [2.45, 2.75) is 18.2 Å². The lowest BCUT2D eigenvalue weighted by molar-refractivity contribution is -0.387. The van der Waals surface area contributed by atoms with Gasteiger partial charge in [-0.25, -0.2) is 8.42 Å². The van der Waals surface area contributed by atoms with E-state index in [0.717, 1.165) is 0 Å². The van der Waals surface area contributed by atoms with E-state index in [-0.39, 0.29) is 29.3 Å². The molecule has 7 nitrogen and oxygen atoms in total. The molecule has 1 atom stereocenters. The summed E-state index contributed by atoms with van der Waals surface area (Å²) in [7, 11) is -3.90. The van der Waals surface area contributed by atoms with Crippen LogP contribution in [0.2, 0.25) is 0 Å². The second kappa shape index (κ2) is 6.79. The standard InChI is InChI=1S/C12H16BrN3O4S.ClH/c1-12(7-14)4-5-15(8-12)21(19,20)11-3-2-9(13)6-10(11)16(17)18;/h2-3,6H,4-5,7-8,14H2,1H3;1H. The summed E-state index contributed by atoms with van der Waals surface area (Å²) in [5, 5.41) is 11.1. The summed E-state index contributed by atoms with van der Waals surface area (Å²) in [5.74, 6) is 0. The Balaban J connectivity index is 0.00000242. The van der Waals surface area contributed by atoms with Crippen LogP contribution in [0.15, 0.2) is 27.6 Å². The third kappa shape index (κ3) is 3.60. The molecule has 10 heteroatoms. The van der Waals surface area contributed by atoms with Gasteiger partial charge in [0.1, 0.15) is 0 Å². The van der Waals surface area contributed by atoms with Gasteiger partial charge < -0.3 is 5.73 Å². The van der Waals surface area contributed by atoms with Crippen LogP contribution in [0.25, 0.3) is 0 Å². The largest absolute Gasteiger partial charge is 0.330 e. The molecule has 22 heavy (non-hydrogen) atoms. The first-order valence-electron chi connectivity index (χ1n) is 6.34. The van der Waals surface area contributed by atoms with Crippen LogP contribution in [0.4, 0.5) is 5.69 Å². The number of nitro benzene ring substituents is 1. The van der Waals surface area contributed by atoms with Crippen LogP contribution in [0.5, 0.6) is 0 Å². The van der Waals surface area contributed by atoms with E-state index in [2.05, 4.69) is 15.9 Å². The number of sulfonamides is 1. The molecule has 0 aromatic heterocycles. The zero-order valence-corrected chi connectivity index (χ0v) is 15.1. The van der Waals surface area contributed by atoms with E-state index in [1.807, 2.05) is 6.92 Å². The molecular weight excluding hydrogens is 398 g/mol. The fourth-order valence-electron chi connectivity index (χ4n) is 2.34. The molecule has 0 aliphatic carbocycles. The number of hydrogen-bond acceptors (Lipinski definition) is 5. The summed E-state index contributed by atoms with van der Waals surface area (Å²) in [5.41, 5.74) is 4.97. The molecule has 0 bridgehead atoms. The van der Waals surface area contributed by atoms with Gasteiger partial charge in [-0.15, -0.1) is 12.4 Å². The molecular formula is C12H17BrClN3O4S. The maximum atomic E-state index is 12.6. The van der Waals surface area contributed by atoms with Crippen LogP contribution in [0.1, 0.15) is 13.3 Å². The van der Waals surface area contributed by atoms with Crippen LogP contribution in [0, 0.1) is 15.5 Å². The first-order chi connectivity index (χ1) is 9.69. The topological polar surface area (TPSA) is 107 Å². The fourth-order valence-corrected chi connectivity index (χ4v) is 4.42. The van der Waals surface area contributed by atoms with Crippen molar-refractivity contribution in [3.05, 3.63) is 32.8 Å². The van der Waals surface area contributed by atoms with Crippen LogP contribution in [0.3, 0.4) is 0 Å². The van der Waals surface area contributed by atoms with Crippen LogP contribution in [-0.4, -0.2) is 37.3 Å². The molecule has 0 saturated carbocycles. The molecule has 1 unspecified atom stereocenters. The normalized spacial score (nSPS) is 22.3. The lowest BCUT2D eigenvalue weighted by Crippen LogP contribution is -2.34. The molecule has 1 fully saturated rings. The van der Waals surface area contributed by atoms with Crippen molar-refractivity contribution in [2.75, 3.05) is 19.6 Å². The second-order valence-corrected chi connectivity index (χ2v) is 8.29. The van der Waals surface area contributed by atoms with Crippen LogP contribution in [-0.2, 0) is 10.0 Å². The van der Waals surface area contributed by atoms with Crippen molar-refractivity contribution < 1.29 is 13.3 Å². The van der Waals surface area contributed by atoms with Crippen molar-refractivity contribution in [1.29, 1.82) is 0 Å². The Labute approximate surface area is 143 Å². The predicted octanol–water partition coefficient (Wildman–Crippen LogP) is 2.14. The van der Waals surface area contributed by atoms with Gasteiger partial charge in [0.2, 0.25) is 10.0 Å². The molecule has 124 valence electrons. The monoisotopic (exact) mass is 413 g/mol. The molecule has 1 aliphatic rings. The van der Waals surface area contributed by atoms with Crippen molar-refractivity contribution in [3.8, 4) is 0 Å². The number of nitrogens with zero attached hydrogens (tertiary/aromatic N) is 2. The summed E-state index contributed by atoms with van der Waals surface area (Å²) in [6, 6.07) is 3.94. The average Bonchev–Trinajstić information content (AvgIpc) is 2.82. The summed E-state index contributed by atoms with van der Waals surface area (Å²) < 4.78 is 27.0. The number of benzene rings is 1. The van der Waals surface area contributed by atoms with Crippen molar-refractivity contribution in [3.63, 3.8) is 0 Å². The minimum absolute atomic E-state index is 0. The Morgan fingerprint density at radius 2 is 2.14 bits per heavy atom. The Hall–Kier alpha value is -0.740. The van der Waals surface area contributed by atoms with Crippen molar-refractivity contribution in [1.82, 2.24) is 4.31 Å². The number of halogens is 2. The highest BCUT2D eigenvalue weighted by Gasteiger charge is 2.41. The average molecular weight is 415 g/mol. The molecule has 1 saturated heterocycles. The molecule has 1 heterocycles. The Kier molecular flexibility index (Phi) is 5.96. The zero-order chi connectivity index (χ0) is 15.8. The van der Waals surface area contributed by atoms with Gasteiger partial charge in [0, 0.05) is 23.6 Å². The highest BCUT2D eigenvalue weighted by atomic mass is 79.9. The summed E-state index contributed by atoms with van der Waals surface area (Å²) in [4.78, 5) is 10.1. The third-order valence-electron chi connectivity index (χ3n) is 3.75. The molecule has 0 radical (unpaired) electrons. The van der Waals surface area contributed by atoms with E-state index in [9.17, 15) is 18.5 Å². The quantitative estimate of drug-likeness (QED) is 0.600. The summed E-state index contributed by atoms with van der Waals surface area (Å²) in [6.07, 6.45) is 0.646. The first-order valence-corrected chi connectivity index (χ1v) is 8.57. The van der Waals surface area contributed by atoms with Crippen LogP contribution >= 0.6 is 28.3 Å². The van der Waals surface area contributed by atoms with E-state index < -0.39 is 20.6 Å². The van der Waals surface area contributed by atoms with Crippen molar-refractivity contribution in [2.24, 2.45) is 11.1 Å². The van der Waals surface area contributed by atoms with Gasteiger partial charge in [-0.05, 0) is 30.5 Å². The molecule has 0 spiro atoms. The Morgan fingerprint density at radius 1 is 1.50 bits per heavy atom. The lowest BCUT2D eigenvalue weighted by Gasteiger charge is -2.22. The van der Waals surface area contributed by atoms with E-state index in [4.69, 9.17) is 5.73 Å². The molecule has 1 aromatic carbocycles. The molecule has 1 aromatic rings. The number of nitrogens with two attached hydrogens (primary N) is 1. The zero-order valence-electron chi connectivity index (χ0n) is 11.9. The maximum absolute atomic E-state index is 12.6. The number of rotatable bonds is 4. The van der Waals surface area contributed by atoms with Gasteiger partial charge in [-0.2, -0.15) is 4.31 Å². The van der Waals surface area contributed by atoms with Crippen LogP contribution < -0.4 is 5.73 Å².